The third-order valence-electron chi connectivity index (χ3n) is 3.12. The van der Waals surface area contributed by atoms with Gasteiger partial charge < -0.3 is 14.2 Å². The molecule has 1 aromatic rings. The number of Topliss-reactive ketones (excluding diaryl/α,β-unsaturated/α-hetero) is 1. The SMILES string of the molecule is COc1cccc(CC(C)=O)c1OC1CCCOC1. The quantitative estimate of drug-likeness (QED) is 0.819. The van der Waals surface area contributed by atoms with Crippen molar-refractivity contribution in [3.05, 3.63) is 23.8 Å². The minimum absolute atomic E-state index is 0.0377. The van der Waals surface area contributed by atoms with Gasteiger partial charge in [0.15, 0.2) is 11.5 Å². The van der Waals surface area contributed by atoms with Crippen LogP contribution in [-0.4, -0.2) is 32.2 Å². The summed E-state index contributed by atoms with van der Waals surface area (Å²) in [5.41, 5.74) is 0.873. The average molecular weight is 264 g/mol. The van der Waals surface area contributed by atoms with Crippen LogP contribution in [0.5, 0.6) is 11.5 Å². The Morgan fingerprint density at radius 3 is 2.95 bits per heavy atom. The van der Waals surface area contributed by atoms with E-state index in [1.165, 1.54) is 0 Å². The number of ketones is 1. The highest BCUT2D eigenvalue weighted by molar-refractivity contribution is 5.79. The third kappa shape index (κ3) is 3.70. The first kappa shape index (κ1) is 13.9. The van der Waals surface area contributed by atoms with Gasteiger partial charge in [-0.25, -0.2) is 0 Å². The van der Waals surface area contributed by atoms with Crippen LogP contribution >= 0.6 is 0 Å². The maximum atomic E-state index is 11.3. The van der Waals surface area contributed by atoms with Gasteiger partial charge in [-0.15, -0.1) is 0 Å². The van der Waals surface area contributed by atoms with Gasteiger partial charge in [-0.2, -0.15) is 0 Å². The van der Waals surface area contributed by atoms with Crippen LogP contribution < -0.4 is 9.47 Å². The summed E-state index contributed by atoms with van der Waals surface area (Å²) in [6.07, 6.45) is 2.37. The lowest BCUT2D eigenvalue weighted by Gasteiger charge is -2.25. The summed E-state index contributed by atoms with van der Waals surface area (Å²) in [4.78, 5) is 11.3. The first-order valence-corrected chi connectivity index (χ1v) is 6.60. The predicted octanol–water partition coefficient (Wildman–Crippen LogP) is 2.38. The first-order chi connectivity index (χ1) is 9.20. The van der Waals surface area contributed by atoms with E-state index in [9.17, 15) is 4.79 Å². The lowest BCUT2D eigenvalue weighted by molar-refractivity contribution is -0.116. The Balaban J connectivity index is 2.21. The van der Waals surface area contributed by atoms with Crippen molar-refractivity contribution < 1.29 is 19.0 Å². The summed E-state index contributed by atoms with van der Waals surface area (Å²) < 4.78 is 16.8. The summed E-state index contributed by atoms with van der Waals surface area (Å²) in [6.45, 7) is 2.97. The van der Waals surface area contributed by atoms with Crippen LogP contribution in [0.3, 0.4) is 0 Å². The molecular formula is C15H20O4. The van der Waals surface area contributed by atoms with Crippen molar-refractivity contribution in [2.75, 3.05) is 20.3 Å². The van der Waals surface area contributed by atoms with Crippen molar-refractivity contribution in [2.24, 2.45) is 0 Å². The Morgan fingerprint density at radius 1 is 1.47 bits per heavy atom. The lowest BCUT2D eigenvalue weighted by atomic mass is 10.1. The highest BCUT2D eigenvalue weighted by Gasteiger charge is 2.20. The molecule has 4 nitrogen and oxygen atoms in total. The second-order valence-electron chi connectivity index (χ2n) is 4.78. The molecule has 2 rings (SSSR count). The standard InChI is InChI=1S/C15H20O4/c1-11(16)9-12-5-3-7-14(17-2)15(12)19-13-6-4-8-18-10-13/h3,5,7,13H,4,6,8-10H2,1-2H3. The molecule has 0 aliphatic carbocycles. The molecule has 0 aromatic heterocycles. The van der Waals surface area contributed by atoms with Gasteiger partial charge in [-0.3, -0.25) is 4.79 Å². The normalized spacial score (nSPS) is 18.9. The molecule has 1 aliphatic rings. The molecule has 1 fully saturated rings. The summed E-state index contributed by atoms with van der Waals surface area (Å²) >= 11 is 0. The van der Waals surface area contributed by atoms with Gasteiger partial charge in [0.2, 0.25) is 0 Å². The number of hydrogen-bond acceptors (Lipinski definition) is 4. The second kappa shape index (κ2) is 6.57. The molecule has 1 saturated heterocycles. The van der Waals surface area contributed by atoms with Gasteiger partial charge in [0, 0.05) is 18.6 Å². The van der Waals surface area contributed by atoms with E-state index in [4.69, 9.17) is 14.2 Å². The van der Waals surface area contributed by atoms with E-state index in [0.29, 0.717) is 24.5 Å². The molecule has 1 aromatic carbocycles. The van der Waals surface area contributed by atoms with E-state index >= 15 is 0 Å². The van der Waals surface area contributed by atoms with Crippen molar-refractivity contribution in [2.45, 2.75) is 32.3 Å². The number of rotatable bonds is 5. The highest BCUT2D eigenvalue weighted by Crippen LogP contribution is 2.33. The summed E-state index contributed by atoms with van der Waals surface area (Å²) in [5.74, 6) is 1.46. The van der Waals surface area contributed by atoms with Crippen molar-refractivity contribution in [1.29, 1.82) is 0 Å². The number of carbonyl (C=O) groups excluding carboxylic acids is 1. The molecule has 1 atom stereocenters. The molecule has 0 radical (unpaired) electrons. The fourth-order valence-electron chi connectivity index (χ4n) is 2.23. The van der Waals surface area contributed by atoms with Crippen LogP contribution in [0.2, 0.25) is 0 Å². The maximum absolute atomic E-state index is 11.3. The molecular weight excluding hydrogens is 244 g/mol. The fraction of sp³-hybridized carbons (Fsp3) is 0.533. The Morgan fingerprint density at radius 2 is 2.32 bits per heavy atom. The fourth-order valence-corrected chi connectivity index (χ4v) is 2.23. The Hall–Kier alpha value is -1.55. The van der Waals surface area contributed by atoms with E-state index in [2.05, 4.69) is 0 Å². The molecule has 0 amide bonds. The summed E-state index contributed by atoms with van der Waals surface area (Å²) in [6, 6.07) is 5.63. The monoisotopic (exact) mass is 264 g/mol. The first-order valence-electron chi connectivity index (χ1n) is 6.60. The number of benzene rings is 1. The smallest absolute Gasteiger partial charge is 0.165 e. The molecule has 0 N–H and O–H groups in total. The van der Waals surface area contributed by atoms with Crippen LogP contribution in [0.4, 0.5) is 0 Å². The average Bonchev–Trinajstić information content (AvgIpc) is 2.41. The Bertz CT molecular complexity index is 436. The van der Waals surface area contributed by atoms with Crippen LogP contribution in [0, 0.1) is 0 Å². The van der Waals surface area contributed by atoms with E-state index in [1.54, 1.807) is 14.0 Å². The molecule has 1 unspecified atom stereocenters. The van der Waals surface area contributed by atoms with Crippen molar-refractivity contribution in [3.8, 4) is 11.5 Å². The third-order valence-corrected chi connectivity index (χ3v) is 3.12. The molecule has 4 heteroatoms. The zero-order valence-corrected chi connectivity index (χ0v) is 11.5. The second-order valence-corrected chi connectivity index (χ2v) is 4.78. The lowest BCUT2D eigenvalue weighted by Crippen LogP contribution is -2.28. The van der Waals surface area contributed by atoms with Crippen LogP contribution in [0.1, 0.15) is 25.3 Å². The number of hydrogen-bond donors (Lipinski definition) is 0. The van der Waals surface area contributed by atoms with E-state index in [1.807, 2.05) is 18.2 Å². The van der Waals surface area contributed by atoms with Gasteiger partial charge in [-0.1, -0.05) is 12.1 Å². The van der Waals surface area contributed by atoms with Crippen molar-refractivity contribution in [1.82, 2.24) is 0 Å². The zero-order valence-electron chi connectivity index (χ0n) is 11.5. The topological polar surface area (TPSA) is 44.8 Å². The Kier molecular flexibility index (Phi) is 4.80. The van der Waals surface area contributed by atoms with Gasteiger partial charge in [0.25, 0.3) is 0 Å². The number of ether oxygens (including phenoxy) is 3. The Labute approximate surface area is 113 Å². The van der Waals surface area contributed by atoms with E-state index < -0.39 is 0 Å². The van der Waals surface area contributed by atoms with E-state index in [-0.39, 0.29) is 11.9 Å². The van der Waals surface area contributed by atoms with Gasteiger partial charge >= 0.3 is 0 Å². The predicted molar refractivity (Wildman–Crippen MR) is 71.8 cm³/mol. The molecule has 1 heterocycles. The number of methoxy groups -OCH3 is 1. The zero-order chi connectivity index (χ0) is 13.7. The summed E-state index contributed by atoms with van der Waals surface area (Å²) in [7, 11) is 1.61. The largest absolute Gasteiger partial charge is 0.493 e. The van der Waals surface area contributed by atoms with Crippen molar-refractivity contribution in [3.63, 3.8) is 0 Å². The summed E-state index contributed by atoms with van der Waals surface area (Å²) in [5, 5.41) is 0. The molecule has 104 valence electrons. The molecule has 19 heavy (non-hydrogen) atoms. The molecule has 0 spiro atoms. The molecule has 1 aliphatic heterocycles. The van der Waals surface area contributed by atoms with Crippen LogP contribution in [-0.2, 0) is 16.0 Å². The van der Waals surface area contributed by atoms with Crippen molar-refractivity contribution >= 4 is 5.78 Å². The van der Waals surface area contributed by atoms with Gasteiger partial charge in [0.05, 0.1) is 13.7 Å². The van der Waals surface area contributed by atoms with Gasteiger partial charge in [-0.05, 0) is 25.8 Å². The van der Waals surface area contributed by atoms with E-state index in [0.717, 1.165) is 25.0 Å². The minimum Gasteiger partial charge on any atom is -0.493 e. The van der Waals surface area contributed by atoms with Crippen LogP contribution in [0.15, 0.2) is 18.2 Å². The molecule has 0 saturated carbocycles. The number of para-hydroxylation sites is 1. The number of carbonyl (C=O) groups is 1. The highest BCUT2D eigenvalue weighted by atomic mass is 16.5. The maximum Gasteiger partial charge on any atom is 0.165 e. The minimum atomic E-state index is 0.0377. The molecule has 0 bridgehead atoms. The van der Waals surface area contributed by atoms with Gasteiger partial charge in [0.1, 0.15) is 11.9 Å². The van der Waals surface area contributed by atoms with Crippen LogP contribution in [0.25, 0.3) is 0 Å².